The molecule has 0 bridgehead atoms. The predicted molar refractivity (Wildman–Crippen MR) is 54.0 cm³/mol. The van der Waals surface area contributed by atoms with Crippen LogP contribution in [0.15, 0.2) is 18.2 Å². The minimum Gasteiger partial charge on any atom is -0.495 e. The smallest absolute Gasteiger partial charge is 0.271 e. The van der Waals surface area contributed by atoms with Gasteiger partial charge in [0.1, 0.15) is 5.75 Å². The van der Waals surface area contributed by atoms with E-state index in [0.29, 0.717) is 11.4 Å². The molecule has 0 fully saturated rings. The molecule has 0 aliphatic carbocycles. The Kier molecular flexibility index (Phi) is 2.91. The van der Waals surface area contributed by atoms with Gasteiger partial charge >= 0.3 is 0 Å². The Morgan fingerprint density at radius 2 is 2.07 bits per heavy atom. The van der Waals surface area contributed by atoms with Crippen LogP contribution >= 0.6 is 0 Å². The van der Waals surface area contributed by atoms with E-state index < -0.39 is 4.92 Å². The minimum absolute atomic E-state index is 0.0644. The summed E-state index contributed by atoms with van der Waals surface area (Å²) in [6.07, 6.45) is 0. The number of nitro groups is 1. The number of hydrogen-bond acceptors (Lipinski definition) is 4. The number of rotatable bonds is 3. The van der Waals surface area contributed by atoms with Gasteiger partial charge in [-0.25, -0.2) is 0 Å². The summed E-state index contributed by atoms with van der Waals surface area (Å²) < 4.78 is 5.08. The summed E-state index contributed by atoms with van der Waals surface area (Å²) in [5.41, 5.74) is 0.760. The molecule has 1 rings (SSSR count). The lowest BCUT2D eigenvalue weighted by Gasteiger charge is -2.15. The van der Waals surface area contributed by atoms with Crippen LogP contribution in [0.3, 0.4) is 0 Å². The standard InChI is InChI=1S/C9H12N2O3/c1-10(2)8-6-7(11(12)13)4-5-9(8)14-3/h4-6H,1-3H3. The summed E-state index contributed by atoms with van der Waals surface area (Å²) in [7, 11) is 5.15. The second-order valence-electron chi connectivity index (χ2n) is 3.01. The highest BCUT2D eigenvalue weighted by Gasteiger charge is 2.12. The van der Waals surface area contributed by atoms with Crippen molar-refractivity contribution in [2.75, 3.05) is 26.1 Å². The SMILES string of the molecule is COc1ccc([N+](=O)[O-])cc1N(C)C. The summed E-state index contributed by atoms with van der Waals surface area (Å²) in [5, 5.41) is 10.5. The van der Waals surface area contributed by atoms with Crippen molar-refractivity contribution in [1.29, 1.82) is 0 Å². The van der Waals surface area contributed by atoms with Gasteiger partial charge in [-0.2, -0.15) is 0 Å². The molecule has 0 radical (unpaired) electrons. The van der Waals surface area contributed by atoms with Crippen LogP contribution in [-0.2, 0) is 0 Å². The van der Waals surface area contributed by atoms with E-state index in [9.17, 15) is 10.1 Å². The fraction of sp³-hybridized carbons (Fsp3) is 0.333. The van der Waals surface area contributed by atoms with E-state index in [1.165, 1.54) is 19.2 Å². The third-order valence-electron chi connectivity index (χ3n) is 1.86. The third-order valence-corrected chi connectivity index (χ3v) is 1.86. The van der Waals surface area contributed by atoms with E-state index >= 15 is 0 Å². The monoisotopic (exact) mass is 196 g/mol. The van der Waals surface area contributed by atoms with Crippen molar-refractivity contribution in [1.82, 2.24) is 0 Å². The highest BCUT2D eigenvalue weighted by atomic mass is 16.6. The first kappa shape index (κ1) is 10.3. The highest BCUT2D eigenvalue weighted by molar-refractivity contribution is 5.62. The van der Waals surface area contributed by atoms with Gasteiger partial charge < -0.3 is 9.64 Å². The maximum absolute atomic E-state index is 10.5. The number of benzene rings is 1. The first-order chi connectivity index (χ1) is 6.56. The fourth-order valence-electron chi connectivity index (χ4n) is 1.14. The molecule has 0 spiro atoms. The average molecular weight is 196 g/mol. The molecule has 0 aliphatic rings. The van der Waals surface area contributed by atoms with E-state index in [2.05, 4.69) is 0 Å². The molecule has 0 aromatic heterocycles. The van der Waals surface area contributed by atoms with Crippen LogP contribution < -0.4 is 9.64 Å². The molecule has 0 saturated heterocycles. The Labute approximate surface area is 82.1 Å². The van der Waals surface area contributed by atoms with Crippen LogP contribution in [0.25, 0.3) is 0 Å². The van der Waals surface area contributed by atoms with Gasteiger partial charge in [0.05, 0.1) is 17.7 Å². The first-order valence-corrected chi connectivity index (χ1v) is 4.06. The zero-order valence-electron chi connectivity index (χ0n) is 8.35. The molecule has 76 valence electrons. The van der Waals surface area contributed by atoms with Crippen LogP contribution in [0.2, 0.25) is 0 Å². The van der Waals surface area contributed by atoms with Crippen LogP contribution in [0, 0.1) is 10.1 Å². The van der Waals surface area contributed by atoms with Crippen LogP contribution in [0.4, 0.5) is 11.4 Å². The second kappa shape index (κ2) is 3.95. The zero-order chi connectivity index (χ0) is 10.7. The van der Waals surface area contributed by atoms with Gasteiger partial charge in [-0.3, -0.25) is 10.1 Å². The van der Waals surface area contributed by atoms with Gasteiger partial charge in [0.2, 0.25) is 0 Å². The molecule has 1 aromatic rings. The van der Waals surface area contributed by atoms with E-state index in [-0.39, 0.29) is 5.69 Å². The second-order valence-corrected chi connectivity index (χ2v) is 3.01. The minimum atomic E-state index is -0.424. The van der Waals surface area contributed by atoms with Gasteiger partial charge in [0.25, 0.3) is 5.69 Å². The summed E-state index contributed by atoms with van der Waals surface area (Å²) in [5.74, 6) is 0.626. The third kappa shape index (κ3) is 1.93. The molecule has 0 heterocycles. The molecular formula is C9H12N2O3. The van der Waals surface area contributed by atoms with Crippen molar-refractivity contribution >= 4 is 11.4 Å². The highest BCUT2D eigenvalue weighted by Crippen LogP contribution is 2.30. The average Bonchev–Trinajstić information content (AvgIpc) is 2.16. The van der Waals surface area contributed by atoms with E-state index in [1.807, 2.05) is 14.1 Å². The number of hydrogen-bond donors (Lipinski definition) is 0. The molecule has 0 amide bonds. The molecule has 0 N–H and O–H groups in total. The van der Waals surface area contributed by atoms with Gasteiger partial charge in [-0.05, 0) is 6.07 Å². The Morgan fingerprint density at radius 3 is 2.50 bits per heavy atom. The first-order valence-electron chi connectivity index (χ1n) is 4.06. The predicted octanol–water partition coefficient (Wildman–Crippen LogP) is 1.67. The molecule has 0 aliphatic heterocycles. The molecule has 1 aromatic carbocycles. The number of nitrogens with zero attached hydrogens (tertiary/aromatic N) is 2. The molecule has 0 atom stereocenters. The summed E-state index contributed by atoms with van der Waals surface area (Å²) in [6, 6.07) is 4.50. The largest absolute Gasteiger partial charge is 0.495 e. The Morgan fingerprint density at radius 1 is 1.43 bits per heavy atom. The van der Waals surface area contributed by atoms with Gasteiger partial charge in [-0.15, -0.1) is 0 Å². The lowest BCUT2D eigenvalue weighted by molar-refractivity contribution is -0.384. The van der Waals surface area contributed by atoms with Crippen molar-refractivity contribution in [3.63, 3.8) is 0 Å². The van der Waals surface area contributed by atoms with Crippen LogP contribution in [-0.4, -0.2) is 26.1 Å². The number of methoxy groups -OCH3 is 1. The summed E-state index contributed by atoms with van der Waals surface area (Å²) in [6.45, 7) is 0. The number of anilines is 1. The Balaban J connectivity index is 3.20. The van der Waals surface area contributed by atoms with Crippen LogP contribution in [0.5, 0.6) is 5.75 Å². The Hall–Kier alpha value is -1.78. The van der Waals surface area contributed by atoms with Crippen molar-refractivity contribution in [2.24, 2.45) is 0 Å². The van der Waals surface area contributed by atoms with Gasteiger partial charge in [0, 0.05) is 26.2 Å². The lowest BCUT2D eigenvalue weighted by Crippen LogP contribution is -2.10. The van der Waals surface area contributed by atoms with Crippen molar-refractivity contribution < 1.29 is 9.66 Å². The topological polar surface area (TPSA) is 55.6 Å². The number of nitro benzene ring substituents is 1. The maximum Gasteiger partial charge on any atom is 0.271 e. The van der Waals surface area contributed by atoms with E-state index in [0.717, 1.165) is 0 Å². The molecule has 5 nitrogen and oxygen atoms in total. The lowest BCUT2D eigenvalue weighted by atomic mass is 10.2. The summed E-state index contributed by atoms with van der Waals surface area (Å²) in [4.78, 5) is 11.9. The van der Waals surface area contributed by atoms with Gasteiger partial charge in [0.15, 0.2) is 0 Å². The number of non-ortho nitro benzene ring substituents is 1. The van der Waals surface area contributed by atoms with Crippen molar-refractivity contribution in [2.45, 2.75) is 0 Å². The van der Waals surface area contributed by atoms with E-state index in [1.54, 1.807) is 11.0 Å². The van der Waals surface area contributed by atoms with Crippen molar-refractivity contribution in [3.05, 3.63) is 28.3 Å². The van der Waals surface area contributed by atoms with E-state index in [4.69, 9.17) is 4.74 Å². The quantitative estimate of drug-likeness (QED) is 0.545. The molecule has 14 heavy (non-hydrogen) atoms. The summed E-state index contributed by atoms with van der Waals surface area (Å²) >= 11 is 0. The van der Waals surface area contributed by atoms with Crippen LogP contribution in [0.1, 0.15) is 0 Å². The van der Waals surface area contributed by atoms with Crippen molar-refractivity contribution in [3.8, 4) is 5.75 Å². The molecule has 5 heteroatoms. The fourth-order valence-corrected chi connectivity index (χ4v) is 1.14. The number of ether oxygens (including phenoxy) is 1. The molecule has 0 unspecified atom stereocenters. The Bertz CT molecular complexity index is 350. The zero-order valence-corrected chi connectivity index (χ0v) is 8.35. The normalized spacial score (nSPS) is 9.64. The van der Waals surface area contributed by atoms with Gasteiger partial charge in [-0.1, -0.05) is 0 Å². The molecular weight excluding hydrogens is 184 g/mol. The molecule has 0 saturated carbocycles. The maximum atomic E-state index is 10.5.